The van der Waals surface area contributed by atoms with Gasteiger partial charge in [0.25, 0.3) is 0 Å². The quantitative estimate of drug-likeness (QED) is 0.558. The Morgan fingerprint density at radius 1 is 1.42 bits per heavy atom. The summed E-state index contributed by atoms with van der Waals surface area (Å²) in [6.45, 7) is 1.85. The zero-order valence-corrected chi connectivity index (χ0v) is 8.34. The van der Waals surface area contributed by atoms with E-state index in [1.807, 2.05) is 31.2 Å². The van der Waals surface area contributed by atoms with Crippen LogP contribution in [0, 0.1) is 0 Å². The molecule has 0 saturated carbocycles. The van der Waals surface area contributed by atoms with Crippen molar-refractivity contribution in [2.45, 2.75) is 6.92 Å². The molecule has 0 aromatic heterocycles. The van der Waals surface area contributed by atoms with E-state index in [1.54, 1.807) is 6.08 Å². The van der Waals surface area contributed by atoms with Crippen LogP contribution in [-0.4, -0.2) is 6.29 Å². The highest BCUT2D eigenvalue weighted by Crippen LogP contribution is 2.22. The Bertz CT molecular complexity index is 315. The Labute approximate surface area is 80.2 Å². The van der Waals surface area contributed by atoms with Gasteiger partial charge in [-0.3, -0.25) is 4.79 Å². The fourth-order valence-electron chi connectivity index (χ4n) is 0.982. The number of carbonyl (C=O) groups is 1. The number of rotatable bonds is 2. The van der Waals surface area contributed by atoms with E-state index in [0.29, 0.717) is 5.57 Å². The van der Waals surface area contributed by atoms with Gasteiger partial charge in [0.15, 0.2) is 0 Å². The summed E-state index contributed by atoms with van der Waals surface area (Å²) in [6.07, 6.45) is 2.66. The molecule has 0 saturated heterocycles. The van der Waals surface area contributed by atoms with Gasteiger partial charge in [0.1, 0.15) is 6.29 Å². The minimum atomic E-state index is 0.711. The number of hydrogen-bond acceptors (Lipinski definition) is 1. The van der Waals surface area contributed by atoms with E-state index in [1.165, 1.54) is 0 Å². The van der Waals surface area contributed by atoms with Gasteiger partial charge in [-0.05, 0) is 18.6 Å². The lowest BCUT2D eigenvalue weighted by molar-refractivity contribution is -0.103. The average Bonchev–Trinajstić information content (AvgIpc) is 2.10. The van der Waals surface area contributed by atoms with Crippen molar-refractivity contribution in [3.63, 3.8) is 0 Å². The number of benzene rings is 1. The number of aldehydes is 1. The van der Waals surface area contributed by atoms with Gasteiger partial charge in [-0.15, -0.1) is 0 Å². The van der Waals surface area contributed by atoms with Crippen LogP contribution in [0.3, 0.4) is 0 Å². The second-order valence-electron chi connectivity index (χ2n) is 2.34. The van der Waals surface area contributed by atoms with Crippen molar-refractivity contribution in [3.8, 4) is 0 Å². The molecule has 0 aliphatic rings. The smallest absolute Gasteiger partial charge is 0.150 e. The monoisotopic (exact) mass is 224 g/mol. The molecular weight excluding hydrogens is 216 g/mol. The molecule has 1 aromatic rings. The molecule has 0 N–H and O–H groups in total. The van der Waals surface area contributed by atoms with Crippen LogP contribution < -0.4 is 0 Å². The van der Waals surface area contributed by atoms with Crippen molar-refractivity contribution in [2.24, 2.45) is 0 Å². The Morgan fingerprint density at radius 3 is 2.58 bits per heavy atom. The highest BCUT2D eigenvalue weighted by molar-refractivity contribution is 9.10. The second kappa shape index (κ2) is 4.21. The summed E-state index contributed by atoms with van der Waals surface area (Å²) in [7, 11) is 0. The fraction of sp³-hybridized carbons (Fsp3) is 0.100. The lowest BCUT2D eigenvalue weighted by Gasteiger charge is -2.01. The van der Waals surface area contributed by atoms with Crippen molar-refractivity contribution in [1.29, 1.82) is 0 Å². The Hall–Kier alpha value is -0.890. The lowest BCUT2D eigenvalue weighted by Crippen LogP contribution is -1.85. The number of hydrogen-bond donors (Lipinski definition) is 0. The van der Waals surface area contributed by atoms with Crippen LogP contribution in [0.1, 0.15) is 12.5 Å². The van der Waals surface area contributed by atoms with Gasteiger partial charge in [-0.25, -0.2) is 0 Å². The average molecular weight is 225 g/mol. The van der Waals surface area contributed by atoms with Crippen LogP contribution in [0.5, 0.6) is 0 Å². The van der Waals surface area contributed by atoms with Gasteiger partial charge >= 0.3 is 0 Å². The molecule has 0 spiro atoms. The molecular formula is C10H9BrO. The number of allylic oxidation sites excluding steroid dienone is 2. The Kier molecular flexibility index (Phi) is 3.23. The largest absolute Gasteiger partial charge is 0.298 e. The summed E-state index contributed by atoms with van der Waals surface area (Å²) in [6, 6.07) is 7.66. The minimum Gasteiger partial charge on any atom is -0.298 e. The van der Waals surface area contributed by atoms with E-state index in [2.05, 4.69) is 15.9 Å². The van der Waals surface area contributed by atoms with E-state index in [-0.39, 0.29) is 0 Å². The van der Waals surface area contributed by atoms with Gasteiger partial charge in [0.05, 0.1) is 0 Å². The standard InChI is InChI=1S/C10H9BrO/c1-2-8(7-12)9-5-3-4-6-10(9)11/h2-7H,1H3. The SMILES string of the molecule is CC=C(C=O)c1ccccc1Br. The third kappa shape index (κ3) is 1.83. The lowest BCUT2D eigenvalue weighted by atomic mass is 10.1. The van der Waals surface area contributed by atoms with E-state index in [0.717, 1.165) is 16.3 Å². The van der Waals surface area contributed by atoms with Crippen molar-refractivity contribution >= 4 is 27.8 Å². The fourth-order valence-corrected chi connectivity index (χ4v) is 1.50. The molecule has 0 fully saturated rings. The predicted octanol–water partition coefficient (Wildman–Crippen LogP) is 3.05. The minimum absolute atomic E-state index is 0.711. The van der Waals surface area contributed by atoms with Gasteiger partial charge in [0, 0.05) is 10.0 Å². The zero-order valence-electron chi connectivity index (χ0n) is 6.75. The zero-order chi connectivity index (χ0) is 8.97. The first-order valence-electron chi connectivity index (χ1n) is 3.66. The molecule has 0 atom stereocenters. The van der Waals surface area contributed by atoms with Crippen molar-refractivity contribution < 1.29 is 4.79 Å². The number of halogens is 1. The van der Waals surface area contributed by atoms with Gasteiger partial charge in [0.2, 0.25) is 0 Å². The van der Waals surface area contributed by atoms with Crippen LogP contribution in [0.25, 0.3) is 5.57 Å². The van der Waals surface area contributed by atoms with Gasteiger partial charge in [-0.1, -0.05) is 40.2 Å². The van der Waals surface area contributed by atoms with Crippen LogP contribution in [0.4, 0.5) is 0 Å². The maximum atomic E-state index is 10.6. The molecule has 1 rings (SSSR count). The summed E-state index contributed by atoms with van der Waals surface area (Å²) in [4.78, 5) is 10.6. The first-order valence-corrected chi connectivity index (χ1v) is 4.45. The number of carbonyl (C=O) groups excluding carboxylic acids is 1. The molecule has 0 aliphatic carbocycles. The maximum absolute atomic E-state index is 10.6. The predicted molar refractivity (Wildman–Crippen MR) is 53.9 cm³/mol. The summed E-state index contributed by atoms with van der Waals surface area (Å²) < 4.78 is 0.949. The van der Waals surface area contributed by atoms with Gasteiger partial charge < -0.3 is 0 Å². The highest BCUT2D eigenvalue weighted by Gasteiger charge is 2.01. The molecule has 1 aromatic carbocycles. The topological polar surface area (TPSA) is 17.1 Å². The van der Waals surface area contributed by atoms with Crippen molar-refractivity contribution in [2.75, 3.05) is 0 Å². The normalized spacial score (nSPS) is 11.3. The maximum Gasteiger partial charge on any atom is 0.150 e. The van der Waals surface area contributed by atoms with Crippen LogP contribution >= 0.6 is 15.9 Å². The Morgan fingerprint density at radius 2 is 2.08 bits per heavy atom. The molecule has 0 bridgehead atoms. The molecule has 0 unspecified atom stereocenters. The molecule has 0 heterocycles. The van der Waals surface area contributed by atoms with Crippen molar-refractivity contribution in [1.82, 2.24) is 0 Å². The third-order valence-corrected chi connectivity index (χ3v) is 2.31. The molecule has 1 nitrogen and oxygen atoms in total. The Balaban J connectivity index is 3.18. The molecule has 2 heteroatoms. The summed E-state index contributed by atoms with van der Waals surface area (Å²) >= 11 is 3.38. The molecule has 62 valence electrons. The summed E-state index contributed by atoms with van der Waals surface area (Å²) in [5.74, 6) is 0. The van der Waals surface area contributed by atoms with E-state index < -0.39 is 0 Å². The van der Waals surface area contributed by atoms with Crippen LogP contribution in [0.15, 0.2) is 34.8 Å². The van der Waals surface area contributed by atoms with E-state index in [9.17, 15) is 4.79 Å². The van der Waals surface area contributed by atoms with Gasteiger partial charge in [-0.2, -0.15) is 0 Å². The van der Waals surface area contributed by atoms with E-state index >= 15 is 0 Å². The molecule has 0 radical (unpaired) electrons. The van der Waals surface area contributed by atoms with Crippen LogP contribution in [0.2, 0.25) is 0 Å². The second-order valence-corrected chi connectivity index (χ2v) is 3.20. The first kappa shape index (κ1) is 9.20. The molecule has 12 heavy (non-hydrogen) atoms. The van der Waals surface area contributed by atoms with Crippen LogP contribution in [-0.2, 0) is 4.79 Å². The van der Waals surface area contributed by atoms with E-state index in [4.69, 9.17) is 0 Å². The third-order valence-electron chi connectivity index (χ3n) is 1.62. The molecule has 0 amide bonds. The van der Waals surface area contributed by atoms with Crippen molar-refractivity contribution in [3.05, 3.63) is 40.4 Å². The highest BCUT2D eigenvalue weighted by atomic mass is 79.9. The molecule has 0 aliphatic heterocycles. The summed E-state index contributed by atoms with van der Waals surface area (Å²) in [5, 5.41) is 0. The first-order chi connectivity index (χ1) is 5.79. The summed E-state index contributed by atoms with van der Waals surface area (Å²) in [5.41, 5.74) is 1.65.